The zero-order valence-electron chi connectivity index (χ0n) is 11.5. The van der Waals surface area contributed by atoms with Gasteiger partial charge in [0.05, 0.1) is 17.0 Å². The lowest BCUT2D eigenvalue weighted by Crippen LogP contribution is -2.04. The lowest BCUT2D eigenvalue weighted by molar-refractivity contribution is 0.0695. The van der Waals surface area contributed by atoms with Crippen LogP contribution in [0.15, 0.2) is 36.4 Å². The number of benzene rings is 1. The van der Waals surface area contributed by atoms with Gasteiger partial charge in [0.2, 0.25) is 0 Å². The summed E-state index contributed by atoms with van der Waals surface area (Å²) in [7, 11) is 0. The number of carbonyl (C=O) groups is 1. The largest absolute Gasteiger partial charge is 0.478 e. The van der Waals surface area contributed by atoms with Gasteiger partial charge >= 0.3 is 5.97 Å². The van der Waals surface area contributed by atoms with Crippen LogP contribution in [0.3, 0.4) is 0 Å². The lowest BCUT2D eigenvalue weighted by atomic mass is 10.0. The van der Waals surface area contributed by atoms with Gasteiger partial charge in [0, 0.05) is 11.5 Å². The molecule has 0 radical (unpaired) electrons. The van der Waals surface area contributed by atoms with Crippen LogP contribution in [0.5, 0.6) is 0 Å². The summed E-state index contributed by atoms with van der Waals surface area (Å²) in [5.74, 6) is -0.553. The van der Waals surface area contributed by atoms with Crippen molar-refractivity contribution >= 4 is 5.97 Å². The van der Waals surface area contributed by atoms with Crippen LogP contribution in [0.2, 0.25) is 0 Å². The van der Waals surface area contributed by atoms with Gasteiger partial charge in [-0.1, -0.05) is 31.2 Å². The third-order valence-electron chi connectivity index (χ3n) is 3.78. The van der Waals surface area contributed by atoms with E-state index in [0.29, 0.717) is 11.5 Å². The molecule has 1 aromatic carbocycles. The van der Waals surface area contributed by atoms with E-state index >= 15 is 0 Å². The van der Waals surface area contributed by atoms with Crippen molar-refractivity contribution in [3.05, 3.63) is 53.2 Å². The lowest BCUT2D eigenvalue weighted by Gasteiger charge is -2.08. The Balaban J connectivity index is 2.01. The van der Waals surface area contributed by atoms with E-state index in [2.05, 4.69) is 36.2 Å². The van der Waals surface area contributed by atoms with Gasteiger partial charge in [-0.25, -0.2) is 4.79 Å². The van der Waals surface area contributed by atoms with Crippen LogP contribution in [0, 0.1) is 0 Å². The highest BCUT2D eigenvalue weighted by molar-refractivity contribution is 5.89. The Labute approximate surface area is 118 Å². The zero-order chi connectivity index (χ0) is 14.1. The fraction of sp³-hybridized carbons (Fsp3) is 0.294. The van der Waals surface area contributed by atoms with Crippen molar-refractivity contribution in [3.63, 3.8) is 0 Å². The maximum atomic E-state index is 11.2. The summed E-state index contributed by atoms with van der Waals surface area (Å²) < 4.78 is 0. The minimum absolute atomic E-state index is 0.330. The van der Waals surface area contributed by atoms with Gasteiger partial charge in [-0.3, -0.25) is 4.98 Å². The van der Waals surface area contributed by atoms with Crippen molar-refractivity contribution in [2.45, 2.75) is 32.1 Å². The zero-order valence-corrected chi connectivity index (χ0v) is 11.5. The molecular weight excluding hydrogens is 250 g/mol. The number of aromatic nitrogens is 1. The van der Waals surface area contributed by atoms with Crippen molar-refractivity contribution in [3.8, 4) is 11.3 Å². The number of rotatable bonds is 4. The fourth-order valence-electron chi connectivity index (χ4n) is 2.40. The molecule has 102 valence electrons. The number of nitrogens with zero attached hydrogens (tertiary/aromatic N) is 1. The molecule has 1 heterocycles. The third-order valence-corrected chi connectivity index (χ3v) is 3.78. The van der Waals surface area contributed by atoms with Crippen molar-refractivity contribution in [2.24, 2.45) is 0 Å². The number of carboxylic acids is 1. The monoisotopic (exact) mass is 267 g/mol. The van der Waals surface area contributed by atoms with Crippen molar-refractivity contribution in [1.29, 1.82) is 0 Å². The molecule has 0 bridgehead atoms. The number of carboxylic acid groups (broad SMARTS) is 1. The quantitative estimate of drug-likeness (QED) is 0.914. The first-order chi connectivity index (χ1) is 9.69. The molecule has 1 aliphatic carbocycles. The average molecular weight is 267 g/mol. The Kier molecular flexibility index (Phi) is 3.26. The van der Waals surface area contributed by atoms with Gasteiger partial charge in [0.15, 0.2) is 0 Å². The van der Waals surface area contributed by atoms with Crippen LogP contribution in [-0.2, 0) is 6.42 Å². The highest BCUT2D eigenvalue weighted by atomic mass is 16.4. The molecule has 0 unspecified atom stereocenters. The number of hydrogen-bond acceptors (Lipinski definition) is 2. The normalized spacial score (nSPS) is 14.2. The fourth-order valence-corrected chi connectivity index (χ4v) is 2.40. The molecule has 1 fully saturated rings. The van der Waals surface area contributed by atoms with E-state index in [0.717, 1.165) is 36.2 Å². The van der Waals surface area contributed by atoms with E-state index in [1.165, 1.54) is 5.56 Å². The number of hydrogen-bond donors (Lipinski definition) is 1. The first-order valence-corrected chi connectivity index (χ1v) is 7.02. The van der Waals surface area contributed by atoms with Gasteiger partial charge < -0.3 is 5.11 Å². The standard InChI is InChI=1S/C17H17NO2/c1-2-11-3-5-12(6-4-11)15-10-9-14(17(19)20)16(18-15)13-7-8-13/h3-6,9-10,13H,2,7-8H2,1H3,(H,19,20). The summed E-state index contributed by atoms with van der Waals surface area (Å²) in [6.45, 7) is 2.13. The molecule has 0 saturated heterocycles. The minimum atomic E-state index is -0.882. The van der Waals surface area contributed by atoms with E-state index < -0.39 is 5.97 Å². The Morgan fingerprint density at radius 2 is 1.90 bits per heavy atom. The molecule has 0 atom stereocenters. The van der Waals surface area contributed by atoms with Gasteiger partial charge in [-0.15, -0.1) is 0 Å². The Morgan fingerprint density at radius 1 is 1.20 bits per heavy atom. The van der Waals surface area contributed by atoms with Crippen LogP contribution in [0.4, 0.5) is 0 Å². The second-order valence-corrected chi connectivity index (χ2v) is 5.26. The molecule has 0 amide bonds. The van der Waals surface area contributed by atoms with E-state index in [-0.39, 0.29) is 0 Å². The molecule has 0 spiro atoms. The van der Waals surface area contributed by atoms with E-state index in [1.807, 2.05) is 0 Å². The molecule has 3 nitrogen and oxygen atoms in total. The summed E-state index contributed by atoms with van der Waals surface area (Å²) in [4.78, 5) is 15.8. The van der Waals surface area contributed by atoms with Crippen LogP contribution in [0.25, 0.3) is 11.3 Å². The first kappa shape index (κ1) is 12.9. The van der Waals surface area contributed by atoms with Gasteiger partial charge in [0.25, 0.3) is 0 Å². The second-order valence-electron chi connectivity index (χ2n) is 5.26. The summed E-state index contributed by atoms with van der Waals surface area (Å²) in [5.41, 5.74) is 4.29. The predicted octanol–water partition coefficient (Wildman–Crippen LogP) is 3.89. The van der Waals surface area contributed by atoms with Gasteiger partial charge in [-0.2, -0.15) is 0 Å². The highest BCUT2D eigenvalue weighted by Crippen LogP contribution is 2.41. The van der Waals surface area contributed by atoms with Crippen LogP contribution < -0.4 is 0 Å². The third kappa shape index (κ3) is 2.44. The van der Waals surface area contributed by atoms with Crippen molar-refractivity contribution in [1.82, 2.24) is 4.98 Å². The van der Waals surface area contributed by atoms with Crippen molar-refractivity contribution < 1.29 is 9.90 Å². The summed E-state index contributed by atoms with van der Waals surface area (Å²) in [6.07, 6.45) is 3.11. The highest BCUT2D eigenvalue weighted by Gasteiger charge is 2.29. The second kappa shape index (κ2) is 5.08. The number of pyridine rings is 1. The van der Waals surface area contributed by atoms with Gasteiger partial charge in [-0.05, 0) is 37.0 Å². The number of aryl methyl sites for hydroxylation is 1. The summed E-state index contributed by atoms with van der Waals surface area (Å²) >= 11 is 0. The molecule has 0 aliphatic heterocycles. The maximum Gasteiger partial charge on any atom is 0.337 e. The number of aromatic carboxylic acids is 1. The molecule has 2 aromatic rings. The molecule has 1 N–H and O–H groups in total. The van der Waals surface area contributed by atoms with Crippen LogP contribution >= 0.6 is 0 Å². The SMILES string of the molecule is CCc1ccc(-c2ccc(C(=O)O)c(C3CC3)n2)cc1. The first-order valence-electron chi connectivity index (χ1n) is 7.02. The Hall–Kier alpha value is -2.16. The van der Waals surface area contributed by atoms with E-state index in [9.17, 15) is 9.90 Å². The molecule has 1 saturated carbocycles. The molecule has 3 heteroatoms. The van der Waals surface area contributed by atoms with E-state index in [1.54, 1.807) is 12.1 Å². The smallest absolute Gasteiger partial charge is 0.337 e. The summed E-state index contributed by atoms with van der Waals surface area (Å²) in [6, 6.07) is 11.8. The maximum absolute atomic E-state index is 11.2. The molecule has 3 rings (SSSR count). The minimum Gasteiger partial charge on any atom is -0.478 e. The van der Waals surface area contributed by atoms with Gasteiger partial charge in [0.1, 0.15) is 0 Å². The topological polar surface area (TPSA) is 50.2 Å². The predicted molar refractivity (Wildman–Crippen MR) is 78.0 cm³/mol. The van der Waals surface area contributed by atoms with Crippen molar-refractivity contribution in [2.75, 3.05) is 0 Å². The Morgan fingerprint density at radius 3 is 2.45 bits per heavy atom. The van der Waals surface area contributed by atoms with Crippen LogP contribution in [-0.4, -0.2) is 16.1 Å². The van der Waals surface area contributed by atoms with E-state index in [4.69, 9.17) is 0 Å². The molecular formula is C17H17NO2. The molecule has 1 aliphatic rings. The molecule has 1 aromatic heterocycles. The molecule has 20 heavy (non-hydrogen) atoms. The van der Waals surface area contributed by atoms with Crippen LogP contribution in [0.1, 0.15) is 47.3 Å². The average Bonchev–Trinajstić information content (AvgIpc) is 3.31. The summed E-state index contributed by atoms with van der Waals surface area (Å²) in [5, 5.41) is 9.23. The Bertz CT molecular complexity index is 643.